The summed E-state index contributed by atoms with van der Waals surface area (Å²) in [5.74, 6) is 1.73. The third-order valence-corrected chi connectivity index (χ3v) is 13.6. The number of esters is 2. The minimum Gasteiger partial charge on any atom is -0.491 e. The third kappa shape index (κ3) is 9.24. The molecule has 1 spiro atoms. The molecule has 0 unspecified atom stereocenters. The van der Waals surface area contributed by atoms with Gasteiger partial charge in [-0.05, 0) is 71.3 Å². The highest BCUT2D eigenvalue weighted by Crippen LogP contribution is 2.66. The predicted octanol–water partition coefficient (Wildman–Crippen LogP) is 5.44. The first-order valence-electron chi connectivity index (χ1n) is 23.5. The molecule has 0 bridgehead atoms. The van der Waals surface area contributed by atoms with E-state index in [2.05, 4.69) is 22.5 Å². The van der Waals surface area contributed by atoms with E-state index in [1.165, 1.54) is 7.11 Å². The molecule has 4 heterocycles. The van der Waals surface area contributed by atoms with Crippen LogP contribution in [0.25, 0.3) is 0 Å². The van der Waals surface area contributed by atoms with Crippen LogP contribution in [0.5, 0.6) is 5.75 Å². The van der Waals surface area contributed by atoms with Gasteiger partial charge in [-0.2, -0.15) is 0 Å². The number of benzene rings is 4. The number of fused-ring (bicyclic) bond motifs is 3. The molecule has 4 aromatic carbocycles. The molecule has 360 valence electrons. The highest BCUT2D eigenvalue weighted by Gasteiger charge is 2.76. The lowest BCUT2D eigenvalue weighted by molar-refractivity contribution is -0.179. The van der Waals surface area contributed by atoms with Crippen molar-refractivity contribution in [3.63, 3.8) is 0 Å². The van der Waals surface area contributed by atoms with Crippen LogP contribution in [0.4, 0.5) is 15.3 Å². The number of ether oxygens (including phenoxy) is 3. The molecule has 6 amide bonds. The van der Waals surface area contributed by atoms with E-state index in [0.29, 0.717) is 48.4 Å². The SMILES string of the molecule is COC(=O)[C@@H](NC(=O)N1C(=O)[C@@]2(c3cc(C#CCNC(N)=O)ccc31)[C@H](C(=O)N1CCCCCCC1)[C@H]1C(=O)O[C@H](c3ccccc3)[C@H](c3ccccc3)N1[C@@H]2c1ccc(OCCO)cc1)C(C)C. The van der Waals surface area contributed by atoms with Crippen LogP contribution >= 0.6 is 0 Å². The van der Waals surface area contributed by atoms with Crippen molar-refractivity contribution >= 4 is 41.5 Å². The smallest absolute Gasteiger partial charge is 0.329 e. The fourth-order valence-corrected chi connectivity index (χ4v) is 10.6. The van der Waals surface area contributed by atoms with Gasteiger partial charge in [0.15, 0.2) is 0 Å². The molecule has 4 aromatic rings. The van der Waals surface area contributed by atoms with Crippen LogP contribution in [-0.2, 0) is 34.1 Å². The number of carbonyl (C=O) groups excluding carboxylic acids is 6. The van der Waals surface area contributed by atoms with E-state index < -0.39 is 83.3 Å². The van der Waals surface area contributed by atoms with Crippen LogP contribution in [-0.4, -0.2) is 103 Å². The van der Waals surface area contributed by atoms with Crippen molar-refractivity contribution in [2.45, 2.75) is 81.6 Å². The van der Waals surface area contributed by atoms with E-state index >= 15 is 19.2 Å². The number of hydrogen-bond acceptors (Lipinski definition) is 11. The zero-order valence-electron chi connectivity index (χ0n) is 39.0. The number of morpholine rings is 1. The molecule has 4 aliphatic rings. The van der Waals surface area contributed by atoms with Crippen molar-refractivity contribution in [2.24, 2.45) is 17.6 Å². The van der Waals surface area contributed by atoms with Gasteiger partial charge in [-0.3, -0.25) is 19.3 Å². The fraction of sp³-hybridized carbons (Fsp3) is 0.396. The number of primary amides is 1. The highest BCUT2D eigenvalue weighted by molar-refractivity contribution is 6.25. The van der Waals surface area contributed by atoms with E-state index in [-0.39, 0.29) is 31.0 Å². The topological polar surface area (TPSA) is 210 Å². The molecule has 3 fully saturated rings. The van der Waals surface area contributed by atoms with Crippen LogP contribution in [0, 0.1) is 23.7 Å². The van der Waals surface area contributed by atoms with Gasteiger partial charge in [0.2, 0.25) is 11.8 Å². The molecular weight excluding hydrogens is 881 g/mol. The maximum Gasteiger partial charge on any atom is 0.329 e. The Bertz CT molecular complexity index is 2610. The summed E-state index contributed by atoms with van der Waals surface area (Å²) in [6.45, 7) is 3.91. The minimum atomic E-state index is -2.07. The average Bonchev–Trinajstić information content (AvgIpc) is 3.80. The molecular formula is C53H58N6O10. The average molecular weight is 939 g/mol. The second kappa shape index (κ2) is 21.0. The summed E-state index contributed by atoms with van der Waals surface area (Å²) in [6, 6.07) is 24.4. The molecule has 8 rings (SSSR count). The Morgan fingerprint density at radius 3 is 2.13 bits per heavy atom. The summed E-state index contributed by atoms with van der Waals surface area (Å²) in [7, 11) is 1.21. The summed E-state index contributed by atoms with van der Waals surface area (Å²) in [4.78, 5) is 92.9. The monoisotopic (exact) mass is 938 g/mol. The molecule has 69 heavy (non-hydrogen) atoms. The van der Waals surface area contributed by atoms with Gasteiger partial charge in [0.25, 0.3) is 0 Å². The number of amides is 6. The lowest BCUT2D eigenvalue weighted by Gasteiger charge is -2.46. The van der Waals surface area contributed by atoms with E-state index in [1.54, 1.807) is 61.2 Å². The number of cyclic esters (lactones) is 1. The lowest BCUT2D eigenvalue weighted by atomic mass is 9.64. The van der Waals surface area contributed by atoms with Gasteiger partial charge in [0, 0.05) is 18.7 Å². The third-order valence-electron chi connectivity index (χ3n) is 13.6. The maximum absolute atomic E-state index is 16.7. The number of urea groups is 2. The number of likely N-dealkylation sites (tertiary alicyclic amines) is 1. The first kappa shape index (κ1) is 48.2. The van der Waals surface area contributed by atoms with Crippen LogP contribution < -0.4 is 26.0 Å². The summed E-state index contributed by atoms with van der Waals surface area (Å²) in [5.41, 5.74) is 5.95. The number of anilines is 1. The van der Waals surface area contributed by atoms with Gasteiger partial charge < -0.3 is 40.6 Å². The lowest BCUT2D eigenvalue weighted by Crippen LogP contribution is -2.58. The highest BCUT2D eigenvalue weighted by atomic mass is 16.6. The number of hydrogen-bond donors (Lipinski definition) is 4. The number of imide groups is 1. The van der Waals surface area contributed by atoms with Crippen LogP contribution in [0.15, 0.2) is 103 Å². The van der Waals surface area contributed by atoms with Crippen LogP contribution in [0.3, 0.4) is 0 Å². The number of nitrogens with one attached hydrogen (secondary N) is 2. The van der Waals surface area contributed by atoms with Gasteiger partial charge in [-0.1, -0.05) is 118 Å². The van der Waals surface area contributed by atoms with Crippen molar-refractivity contribution in [1.82, 2.24) is 20.4 Å². The van der Waals surface area contributed by atoms with E-state index in [1.807, 2.05) is 65.6 Å². The Labute approximate surface area is 401 Å². The molecule has 3 saturated heterocycles. The van der Waals surface area contributed by atoms with Gasteiger partial charge in [-0.25, -0.2) is 19.3 Å². The van der Waals surface area contributed by atoms with Gasteiger partial charge in [0.1, 0.15) is 36.0 Å². The summed E-state index contributed by atoms with van der Waals surface area (Å²) >= 11 is 0. The molecule has 16 heteroatoms. The second-order valence-corrected chi connectivity index (χ2v) is 18.1. The summed E-state index contributed by atoms with van der Waals surface area (Å²) in [6.07, 6.45) is 3.26. The number of methoxy groups -OCH3 is 1. The van der Waals surface area contributed by atoms with E-state index in [0.717, 1.165) is 29.7 Å². The molecule has 0 aliphatic carbocycles. The number of carbonyl (C=O) groups is 6. The molecule has 0 aromatic heterocycles. The standard InChI is InChI=1S/C53H58N6O10/c1-33(2)42(48(62)67-3)56-52(66)58-40-26-21-34(16-15-27-55-51(54)65)32-39(40)53(50(58)64)41(47(61)57-28-13-5-4-6-14-29-57)44-49(63)69-45(36-19-11-8-12-20-36)43(35-17-9-7-10-18-35)59(44)46(53)37-22-24-38(25-23-37)68-31-30-60/h7-12,17-26,32-33,41-46,60H,4-6,13-14,27-31H2,1-3H3,(H,56,66)(H3,54,55,65)/t41-,42-,43-,44-,45+,46+,53-/m0/s1. The molecule has 16 nitrogen and oxygen atoms in total. The van der Waals surface area contributed by atoms with Crippen molar-refractivity contribution in [2.75, 3.05) is 44.9 Å². The maximum atomic E-state index is 16.7. The van der Waals surface area contributed by atoms with Crippen molar-refractivity contribution in [1.29, 1.82) is 0 Å². The van der Waals surface area contributed by atoms with Gasteiger partial charge in [-0.15, -0.1) is 0 Å². The Balaban J connectivity index is 1.46. The molecule has 5 N–H and O–H groups in total. The Hall–Kier alpha value is -7.22. The number of nitrogens with two attached hydrogens (primary N) is 1. The Morgan fingerprint density at radius 2 is 1.51 bits per heavy atom. The van der Waals surface area contributed by atoms with Crippen LogP contribution in [0.1, 0.15) is 92.0 Å². The van der Waals surface area contributed by atoms with Crippen molar-refractivity contribution < 1.29 is 48.1 Å². The van der Waals surface area contributed by atoms with Gasteiger partial charge >= 0.3 is 24.0 Å². The summed E-state index contributed by atoms with van der Waals surface area (Å²) < 4.78 is 17.5. The predicted molar refractivity (Wildman–Crippen MR) is 254 cm³/mol. The van der Waals surface area contributed by atoms with Crippen molar-refractivity contribution in [3.05, 3.63) is 131 Å². The zero-order valence-corrected chi connectivity index (χ0v) is 39.0. The van der Waals surface area contributed by atoms with Crippen molar-refractivity contribution in [3.8, 4) is 17.6 Å². The number of nitrogens with zero attached hydrogens (tertiary/aromatic N) is 3. The molecule has 7 atom stereocenters. The first-order valence-corrected chi connectivity index (χ1v) is 23.5. The van der Waals surface area contributed by atoms with E-state index in [4.69, 9.17) is 19.9 Å². The molecule has 4 aliphatic heterocycles. The summed E-state index contributed by atoms with van der Waals surface area (Å²) in [5, 5.41) is 14.8. The minimum absolute atomic E-state index is 0.0195. The Morgan fingerprint density at radius 1 is 0.855 bits per heavy atom. The largest absolute Gasteiger partial charge is 0.491 e. The number of aliphatic hydroxyl groups is 1. The van der Waals surface area contributed by atoms with Gasteiger partial charge in [0.05, 0.1) is 44.0 Å². The molecule has 0 saturated carbocycles. The zero-order chi connectivity index (χ0) is 48.8. The number of rotatable bonds is 11. The Kier molecular flexibility index (Phi) is 14.7. The quantitative estimate of drug-likeness (QED) is 0.110. The number of aliphatic hydroxyl groups excluding tert-OH is 1. The van der Waals surface area contributed by atoms with E-state index in [9.17, 15) is 14.7 Å². The first-order chi connectivity index (χ1) is 33.4. The molecule has 0 radical (unpaired) electrons. The second-order valence-electron chi connectivity index (χ2n) is 18.1. The fourth-order valence-electron chi connectivity index (χ4n) is 10.6. The van der Waals surface area contributed by atoms with Crippen LogP contribution in [0.2, 0.25) is 0 Å². The normalized spacial score (nSPS) is 23.6.